The molecule has 2 nitrogen and oxygen atoms in total. The molecule has 1 aromatic rings. The second-order valence-electron chi connectivity index (χ2n) is 4.46. The predicted octanol–water partition coefficient (Wildman–Crippen LogP) is 2.40. The SMILES string of the molecule is COc1cc(CCC2(N)CC2)cc(F)c1F. The molecule has 2 N–H and O–H groups in total. The largest absolute Gasteiger partial charge is 0.494 e. The van der Waals surface area contributed by atoms with E-state index in [-0.39, 0.29) is 11.3 Å². The number of hydrogen-bond acceptors (Lipinski definition) is 2. The normalized spacial score (nSPS) is 17.2. The van der Waals surface area contributed by atoms with Gasteiger partial charge in [-0.25, -0.2) is 4.39 Å². The molecule has 1 saturated carbocycles. The van der Waals surface area contributed by atoms with Gasteiger partial charge in [0, 0.05) is 5.54 Å². The zero-order valence-corrected chi connectivity index (χ0v) is 9.22. The summed E-state index contributed by atoms with van der Waals surface area (Å²) >= 11 is 0. The molecule has 1 aliphatic carbocycles. The number of methoxy groups -OCH3 is 1. The average molecular weight is 227 g/mol. The van der Waals surface area contributed by atoms with Crippen LogP contribution in [-0.4, -0.2) is 12.6 Å². The molecule has 0 spiro atoms. The van der Waals surface area contributed by atoms with Gasteiger partial charge < -0.3 is 10.5 Å². The van der Waals surface area contributed by atoms with Crippen molar-refractivity contribution in [2.75, 3.05) is 7.11 Å². The first-order chi connectivity index (χ1) is 7.54. The van der Waals surface area contributed by atoms with Gasteiger partial charge in [0.05, 0.1) is 7.11 Å². The van der Waals surface area contributed by atoms with E-state index in [1.807, 2.05) is 0 Å². The standard InChI is InChI=1S/C12H15F2NO/c1-16-10-7-8(6-9(13)11(10)14)2-3-12(15)4-5-12/h6-7H,2-5,15H2,1H3. The van der Waals surface area contributed by atoms with E-state index in [1.54, 1.807) is 0 Å². The molecule has 2 rings (SSSR count). The highest BCUT2D eigenvalue weighted by molar-refractivity contribution is 5.31. The van der Waals surface area contributed by atoms with Crippen molar-refractivity contribution in [3.63, 3.8) is 0 Å². The summed E-state index contributed by atoms with van der Waals surface area (Å²) in [6.07, 6.45) is 3.51. The lowest BCUT2D eigenvalue weighted by Crippen LogP contribution is -2.22. The van der Waals surface area contributed by atoms with E-state index in [2.05, 4.69) is 0 Å². The molecule has 0 heterocycles. The summed E-state index contributed by atoms with van der Waals surface area (Å²) in [6, 6.07) is 2.74. The van der Waals surface area contributed by atoms with Crippen LogP contribution in [0.1, 0.15) is 24.8 Å². The molecule has 88 valence electrons. The highest BCUT2D eigenvalue weighted by Gasteiger charge is 2.37. The number of nitrogens with two attached hydrogens (primary N) is 1. The summed E-state index contributed by atoms with van der Waals surface area (Å²) in [5.74, 6) is -1.84. The van der Waals surface area contributed by atoms with Crippen LogP contribution < -0.4 is 10.5 Å². The van der Waals surface area contributed by atoms with E-state index >= 15 is 0 Å². The van der Waals surface area contributed by atoms with Gasteiger partial charge in [0.15, 0.2) is 11.6 Å². The van der Waals surface area contributed by atoms with E-state index in [9.17, 15) is 8.78 Å². The van der Waals surface area contributed by atoms with Gasteiger partial charge in [-0.1, -0.05) is 0 Å². The van der Waals surface area contributed by atoms with Crippen LogP contribution in [0.15, 0.2) is 12.1 Å². The Hall–Kier alpha value is -1.16. The van der Waals surface area contributed by atoms with Crippen molar-refractivity contribution in [2.24, 2.45) is 5.73 Å². The molecule has 0 radical (unpaired) electrons. The summed E-state index contributed by atoms with van der Waals surface area (Å²) < 4.78 is 31.1. The van der Waals surface area contributed by atoms with Gasteiger partial charge in [0.1, 0.15) is 0 Å². The van der Waals surface area contributed by atoms with Crippen molar-refractivity contribution in [1.82, 2.24) is 0 Å². The Morgan fingerprint density at radius 2 is 2.06 bits per heavy atom. The maximum absolute atomic E-state index is 13.2. The molecule has 0 amide bonds. The number of aryl methyl sites for hydroxylation is 1. The van der Waals surface area contributed by atoms with Gasteiger partial charge in [-0.3, -0.25) is 0 Å². The molecule has 0 aromatic heterocycles. The Morgan fingerprint density at radius 3 is 2.62 bits per heavy atom. The average Bonchev–Trinajstić information content (AvgIpc) is 2.99. The minimum Gasteiger partial charge on any atom is -0.494 e. The minimum absolute atomic E-state index is 0.0446. The fraction of sp³-hybridized carbons (Fsp3) is 0.500. The number of benzene rings is 1. The van der Waals surface area contributed by atoms with Crippen molar-refractivity contribution >= 4 is 0 Å². The highest BCUT2D eigenvalue weighted by Crippen LogP contribution is 2.37. The topological polar surface area (TPSA) is 35.2 Å². The fourth-order valence-corrected chi connectivity index (χ4v) is 1.71. The zero-order valence-electron chi connectivity index (χ0n) is 9.22. The number of halogens is 2. The first-order valence-corrected chi connectivity index (χ1v) is 5.35. The minimum atomic E-state index is -0.930. The van der Waals surface area contributed by atoms with E-state index in [1.165, 1.54) is 19.2 Å². The van der Waals surface area contributed by atoms with E-state index < -0.39 is 11.6 Å². The molecule has 4 heteroatoms. The Labute approximate surface area is 93.4 Å². The molecule has 16 heavy (non-hydrogen) atoms. The van der Waals surface area contributed by atoms with Gasteiger partial charge in [0.2, 0.25) is 5.82 Å². The lowest BCUT2D eigenvalue weighted by Gasteiger charge is -2.10. The van der Waals surface area contributed by atoms with Crippen LogP contribution in [0, 0.1) is 11.6 Å². The van der Waals surface area contributed by atoms with Gasteiger partial charge in [-0.05, 0) is 43.4 Å². The van der Waals surface area contributed by atoms with Crippen molar-refractivity contribution in [3.05, 3.63) is 29.3 Å². The first-order valence-electron chi connectivity index (χ1n) is 5.35. The van der Waals surface area contributed by atoms with Gasteiger partial charge in [-0.2, -0.15) is 4.39 Å². The molecule has 1 fully saturated rings. The highest BCUT2D eigenvalue weighted by atomic mass is 19.2. The van der Waals surface area contributed by atoms with Crippen LogP contribution in [0.2, 0.25) is 0 Å². The Balaban J connectivity index is 2.11. The second-order valence-corrected chi connectivity index (χ2v) is 4.46. The lowest BCUT2D eigenvalue weighted by molar-refractivity contribution is 0.370. The maximum Gasteiger partial charge on any atom is 0.200 e. The van der Waals surface area contributed by atoms with Crippen LogP contribution in [-0.2, 0) is 6.42 Å². The molecule has 1 aliphatic rings. The molecule has 0 unspecified atom stereocenters. The second kappa shape index (κ2) is 4.01. The molecule has 1 aromatic carbocycles. The number of rotatable bonds is 4. The Morgan fingerprint density at radius 1 is 1.38 bits per heavy atom. The summed E-state index contributed by atoms with van der Waals surface area (Å²) in [5, 5.41) is 0. The third kappa shape index (κ3) is 2.32. The van der Waals surface area contributed by atoms with E-state index in [4.69, 9.17) is 10.5 Å². The zero-order chi connectivity index (χ0) is 11.8. The molecular weight excluding hydrogens is 212 g/mol. The first kappa shape index (κ1) is 11.3. The summed E-state index contributed by atoms with van der Waals surface area (Å²) in [4.78, 5) is 0. The van der Waals surface area contributed by atoms with Crippen LogP contribution in [0.4, 0.5) is 8.78 Å². The van der Waals surface area contributed by atoms with Gasteiger partial charge in [0.25, 0.3) is 0 Å². The molecular formula is C12H15F2NO. The van der Waals surface area contributed by atoms with Crippen molar-refractivity contribution in [3.8, 4) is 5.75 Å². The van der Waals surface area contributed by atoms with Crippen LogP contribution in [0.5, 0.6) is 5.75 Å². The van der Waals surface area contributed by atoms with Gasteiger partial charge >= 0.3 is 0 Å². The molecule has 0 atom stereocenters. The van der Waals surface area contributed by atoms with E-state index in [0.717, 1.165) is 24.8 Å². The monoisotopic (exact) mass is 227 g/mol. The van der Waals surface area contributed by atoms with Crippen LogP contribution in [0.3, 0.4) is 0 Å². The number of ether oxygens (including phenoxy) is 1. The van der Waals surface area contributed by atoms with Crippen LogP contribution >= 0.6 is 0 Å². The molecule has 0 aliphatic heterocycles. The van der Waals surface area contributed by atoms with Crippen molar-refractivity contribution < 1.29 is 13.5 Å². The van der Waals surface area contributed by atoms with E-state index in [0.29, 0.717) is 6.42 Å². The molecule has 0 saturated heterocycles. The third-order valence-electron chi connectivity index (χ3n) is 3.08. The predicted molar refractivity (Wildman–Crippen MR) is 57.4 cm³/mol. The fourth-order valence-electron chi connectivity index (χ4n) is 1.71. The lowest BCUT2D eigenvalue weighted by atomic mass is 10.0. The quantitative estimate of drug-likeness (QED) is 0.857. The summed E-state index contributed by atoms with van der Waals surface area (Å²) in [5.41, 5.74) is 6.59. The summed E-state index contributed by atoms with van der Waals surface area (Å²) in [6.45, 7) is 0. The van der Waals surface area contributed by atoms with Crippen molar-refractivity contribution in [2.45, 2.75) is 31.2 Å². The van der Waals surface area contributed by atoms with Crippen LogP contribution in [0.25, 0.3) is 0 Å². The Bertz CT molecular complexity index is 402. The third-order valence-corrected chi connectivity index (χ3v) is 3.08. The summed E-state index contributed by atoms with van der Waals surface area (Å²) in [7, 11) is 1.33. The smallest absolute Gasteiger partial charge is 0.200 e. The van der Waals surface area contributed by atoms with Crippen molar-refractivity contribution in [1.29, 1.82) is 0 Å². The molecule has 0 bridgehead atoms. The maximum atomic E-state index is 13.2. The Kier molecular flexibility index (Phi) is 2.84. The van der Waals surface area contributed by atoms with Gasteiger partial charge in [-0.15, -0.1) is 0 Å². The number of hydrogen-bond donors (Lipinski definition) is 1.